The van der Waals surface area contributed by atoms with Crippen molar-refractivity contribution in [2.24, 2.45) is 0 Å². The van der Waals surface area contributed by atoms with E-state index in [2.05, 4.69) is 25.2 Å². The molecule has 1 saturated carbocycles. The van der Waals surface area contributed by atoms with Crippen LogP contribution in [0.15, 0.2) is 4.42 Å². The van der Waals surface area contributed by atoms with Gasteiger partial charge >= 0.3 is 0 Å². The first-order valence-corrected chi connectivity index (χ1v) is 8.13. The predicted molar refractivity (Wildman–Crippen MR) is 79.2 cm³/mol. The molecule has 0 N–H and O–H groups in total. The molecule has 0 unspecified atom stereocenters. The van der Waals surface area contributed by atoms with Gasteiger partial charge in [-0.05, 0) is 46.1 Å². The first-order chi connectivity index (χ1) is 10.7. The quantitative estimate of drug-likeness (QED) is 0.839. The Kier molecular flexibility index (Phi) is 3.44. The summed E-state index contributed by atoms with van der Waals surface area (Å²) in [6, 6.07) is 0.469. The van der Waals surface area contributed by atoms with Crippen LogP contribution >= 0.6 is 0 Å². The van der Waals surface area contributed by atoms with Crippen LogP contribution in [0.2, 0.25) is 0 Å². The molecule has 2 aromatic rings. The standard InChI is InChI=1S/C15H22N6O/c1-10-16-11(2)21(19-10)8-13-4-3-7-20(13)9-14-17-18-15(22-14)12-5-6-12/h12-13H,3-9H2,1-2H3/t13-/m1/s1. The highest BCUT2D eigenvalue weighted by Gasteiger charge is 2.31. The third-order valence-electron chi connectivity index (χ3n) is 4.59. The summed E-state index contributed by atoms with van der Waals surface area (Å²) in [5.41, 5.74) is 0. The van der Waals surface area contributed by atoms with Crippen LogP contribution in [0.5, 0.6) is 0 Å². The van der Waals surface area contributed by atoms with E-state index in [0.29, 0.717) is 12.0 Å². The number of aryl methyl sites for hydroxylation is 2. The zero-order valence-electron chi connectivity index (χ0n) is 13.2. The maximum Gasteiger partial charge on any atom is 0.230 e. The van der Waals surface area contributed by atoms with Crippen LogP contribution in [-0.4, -0.2) is 42.4 Å². The first kappa shape index (κ1) is 13.9. The molecule has 2 fully saturated rings. The molecule has 0 radical (unpaired) electrons. The van der Waals surface area contributed by atoms with E-state index in [1.54, 1.807) is 0 Å². The van der Waals surface area contributed by atoms with E-state index >= 15 is 0 Å². The summed E-state index contributed by atoms with van der Waals surface area (Å²) in [7, 11) is 0. The van der Waals surface area contributed by atoms with Crippen LogP contribution in [0, 0.1) is 13.8 Å². The van der Waals surface area contributed by atoms with Crippen LogP contribution in [0.1, 0.15) is 55.0 Å². The SMILES string of the molecule is Cc1nc(C)n(C[C@H]2CCCN2Cc2nnc(C3CC3)o2)n1. The van der Waals surface area contributed by atoms with Crippen molar-refractivity contribution in [1.82, 2.24) is 29.9 Å². The van der Waals surface area contributed by atoms with Crippen molar-refractivity contribution in [3.63, 3.8) is 0 Å². The highest BCUT2D eigenvalue weighted by molar-refractivity contribution is 5.00. The first-order valence-electron chi connectivity index (χ1n) is 8.13. The second-order valence-corrected chi connectivity index (χ2v) is 6.46. The normalized spacial score (nSPS) is 22.5. The van der Waals surface area contributed by atoms with Crippen molar-refractivity contribution in [3.05, 3.63) is 23.4 Å². The predicted octanol–water partition coefficient (Wildman–Crippen LogP) is 1.82. The van der Waals surface area contributed by atoms with Gasteiger partial charge in [0.25, 0.3) is 0 Å². The largest absolute Gasteiger partial charge is 0.424 e. The second-order valence-electron chi connectivity index (χ2n) is 6.46. The molecule has 0 bridgehead atoms. The molecule has 1 atom stereocenters. The lowest BCUT2D eigenvalue weighted by Gasteiger charge is -2.22. The Labute approximate surface area is 129 Å². The van der Waals surface area contributed by atoms with Gasteiger partial charge in [-0.15, -0.1) is 10.2 Å². The average Bonchev–Trinajstić information content (AvgIpc) is 2.93. The zero-order chi connectivity index (χ0) is 15.1. The molecular weight excluding hydrogens is 280 g/mol. The average molecular weight is 302 g/mol. The number of hydrogen-bond donors (Lipinski definition) is 0. The highest BCUT2D eigenvalue weighted by Crippen LogP contribution is 2.39. The summed E-state index contributed by atoms with van der Waals surface area (Å²) in [6.07, 6.45) is 4.78. The van der Waals surface area contributed by atoms with Crippen molar-refractivity contribution in [2.45, 2.75) is 64.6 Å². The summed E-state index contributed by atoms with van der Waals surface area (Å²) >= 11 is 0. The molecule has 2 aliphatic rings. The van der Waals surface area contributed by atoms with Gasteiger partial charge in [-0.2, -0.15) is 5.10 Å². The topological polar surface area (TPSA) is 72.9 Å². The van der Waals surface area contributed by atoms with E-state index in [9.17, 15) is 0 Å². The van der Waals surface area contributed by atoms with E-state index in [-0.39, 0.29) is 0 Å². The molecule has 1 saturated heterocycles. The van der Waals surface area contributed by atoms with Crippen LogP contribution in [0.4, 0.5) is 0 Å². The van der Waals surface area contributed by atoms with Crippen molar-refractivity contribution >= 4 is 0 Å². The van der Waals surface area contributed by atoms with Gasteiger partial charge in [0, 0.05) is 12.0 Å². The van der Waals surface area contributed by atoms with Gasteiger partial charge in [0.15, 0.2) is 0 Å². The number of likely N-dealkylation sites (tertiary alicyclic amines) is 1. The Hall–Kier alpha value is -1.76. The molecule has 2 aromatic heterocycles. The zero-order valence-corrected chi connectivity index (χ0v) is 13.2. The number of aromatic nitrogens is 5. The number of nitrogens with zero attached hydrogens (tertiary/aromatic N) is 6. The second kappa shape index (κ2) is 5.46. The monoisotopic (exact) mass is 302 g/mol. The summed E-state index contributed by atoms with van der Waals surface area (Å²) in [6.45, 7) is 6.67. The fourth-order valence-electron chi connectivity index (χ4n) is 3.24. The molecule has 0 amide bonds. The van der Waals surface area contributed by atoms with Crippen molar-refractivity contribution in [2.75, 3.05) is 6.54 Å². The summed E-state index contributed by atoms with van der Waals surface area (Å²) in [5, 5.41) is 12.9. The lowest BCUT2D eigenvalue weighted by Crippen LogP contribution is -2.33. The van der Waals surface area contributed by atoms with Gasteiger partial charge in [-0.3, -0.25) is 4.90 Å². The smallest absolute Gasteiger partial charge is 0.230 e. The van der Waals surface area contributed by atoms with Crippen LogP contribution in [0.25, 0.3) is 0 Å². The minimum atomic E-state index is 0.469. The lowest BCUT2D eigenvalue weighted by atomic mass is 10.2. The summed E-state index contributed by atoms with van der Waals surface area (Å²) in [5.74, 6) is 3.93. The maximum absolute atomic E-state index is 5.80. The molecule has 1 aliphatic heterocycles. The van der Waals surface area contributed by atoms with E-state index in [1.807, 2.05) is 18.5 Å². The third-order valence-corrected chi connectivity index (χ3v) is 4.59. The summed E-state index contributed by atoms with van der Waals surface area (Å²) in [4.78, 5) is 6.82. The highest BCUT2D eigenvalue weighted by atomic mass is 16.4. The fourth-order valence-corrected chi connectivity index (χ4v) is 3.24. The van der Waals surface area contributed by atoms with Gasteiger partial charge in [0.1, 0.15) is 11.6 Å². The molecule has 1 aliphatic carbocycles. The van der Waals surface area contributed by atoms with E-state index in [0.717, 1.165) is 43.1 Å². The van der Waals surface area contributed by atoms with Crippen LogP contribution < -0.4 is 0 Å². The Morgan fingerprint density at radius 1 is 1.18 bits per heavy atom. The number of rotatable bonds is 5. The molecule has 118 valence electrons. The van der Waals surface area contributed by atoms with Crippen molar-refractivity contribution < 1.29 is 4.42 Å². The third kappa shape index (κ3) is 2.77. The lowest BCUT2D eigenvalue weighted by molar-refractivity contribution is 0.197. The molecule has 22 heavy (non-hydrogen) atoms. The Bertz CT molecular complexity index is 659. The van der Waals surface area contributed by atoms with Gasteiger partial charge in [0.2, 0.25) is 11.8 Å². The molecule has 0 aromatic carbocycles. The molecule has 7 nitrogen and oxygen atoms in total. The molecule has 7 heteroatoms. The van der Waals surface area contributed by atoms with Crippen molar-refractivity contribution in [1.29, 1.82) is 0 Å². The molecular formula is C15H22N6O. The molecule has 0 spiro atoms. The van der Waals surface area contributed by atoms with Gasteiger partial charge in [-0.1, -0.05) is 0 Å². The van der Waals surface area contributed by atoms with E-state index in [1.165, 1.54) is 25.7 Å². The van der Waals surface area contributed by atoms with Gasteiger partial charge in [0.05, 0.1) is 13.1 Å². The van der Waals surface area contributed by atoms with Crippen molar-refractivity contribution in [3.8, 4) is 0 Å². The fraction of sp³-hybridized carbons (Fsp3) is 0.733. The number of hydrogen-bond acceptors (Lipinski definition) is 6. The Balaban J connectivity index is 1.42. The summed E-state index contributed by atoms with van der Waals surface area (Å²) < 4.78 is 7.81. The van der Waals surface area contributed by atoms with E-state index in [4.69, 9.17) is 4.42 Å². The van der Waals surface area contributed by atoms with Gasteiger partial charge < -0.3 is 4.42 Å². The van der Waals surface area contributed by atoms with Crippen LogP contribution in [0.3, 0.4) is 0 Å². The van der Waals surface area contributed by atoms with Gasteiger partial charge in [-0.25, -0.2) is 9.67 Å². The molecule has 4 rings (SSSR count). The minimum absolute atomic E-state index is 0.469. The van der Waals surface area contributed by atoms with Crippen LogP contribution in [-0.2, 0) is 13.1 Å². The minimum Gasteiger partial charge on any atom is -0.424 e. The maximum atomic E-state index is 5.80. The Morgan fingerprint density at radius 3 is 2.77 bits per heavy atom. The Morgan fingerprint density at radius 2 is 2.05 bits per heavy atom. The molecule has 3 heterocycles. The van der Waals surface area contributed by atoms with E-state index < -0.39 is 0 Å².